The molecule has 29 heavy (non-hydrogen) atoms. The highest BCUT2D eigenvalue weighted by Crippen LogP contribution is 2.21. The molecule has 0 bridgehead atoms. The largest absolute Gasteiger partial charge is 0.462 e. The molecule has 0 heterocycles. The molecule has 0 aliphatic carbocycles. The molecule has 0 aliphatic rings. The number of sulfonamides is 1. The van der Waals surface area contributed by atoms with Crippen LogP contribution in [-0.2, 0) is 19.6 Å². The molecule has 0 saturated heterocycles. The molecule has 0 unspecified atom stereocenters. The molecule has 0 fully saturated rings. The fourth-order valence-electron chi connectivity index (χ4n) is 2.71. The van der Waals surface area contributed by atoms with Crippen LogP contribution in [0.15, 0.2) is 54.6 Å². The van der Waals surface area contributed by atoms with Crippen molar-refractivity contribution in [1.82, 2.24) is 0 Å². The lowest BCUT2D eigenvalue weighted by Crippen LogP contribution is -2.45. The smallest absolute Gasteiger partial charge is 0.338 e. The molecule has 2 aromatic carbocycles. The number of hydrogen-bond acceptors (Lipinski definition) is 5. The highest BCUT2D eigenvalue weighted by atomic mass is 32.2. The maximum atomic E-state index is 12.7. The van der Waals surface area contributed by atoms with E-state index in [-0.39, 0.29) is 0 Å². The van der Waals surface area contributed by atoms with Crippen LogP contribution in [0.1, 0.15) is 37.0 Å². The number of amides is 1. The van der Waals surface area contributed by atoms with E-state index < -0.39 is 27.9 Å². The summed E-state index contributed by atoms with van der Waals surface area (Å²) in [6.07, 6.45) is 2.79. The lowest BCUT2D eigenvalue weighted by atomic mass is 10.2. The first kappa shape index (κ1) is 22.4. The lowest BCUT2D eigenvalue weighted by Gasteiger charge is -2.28. The van der Waals surface area contributed by atoms with Crippen molar-refractivity contribution in [3.05, 3.63) is 60.2 Å². The van der Waals surface area contributed by atoms with Crippen molar-refractivity contribution in [3.8, 4) is 0 Å². The summed E-state index contributed by atoms with van der Waals surface area (Å²) in [6, 6.07) is 13.7. The third-order valence-corrected chi connectivity index (χ3v) is 5.46. The molecule has 156 valence electrons. The molecule has 0 aromatic heterocycles. The van der Waals surface area contributed by atoms with Crippen molar-refractivity contribution in [2.75, 3.05) is 22.5 Å². The Morgan fingerprint density at radius 2 is 1.69 bits per heavy atom. The zero-order chi connectivity index (χ0) is 21.4. The quantitative estimate of drug-likeness (QED) is 0.497. The van der Waals surface area contributed by atoms with Crippen LogP contribution in [0.5, 0.6) is 0 Å². The average molecular weight is 419 g/mol. The fraction of sp³-hybridized carbons (Fsp3) is 0.333. The zero-order valence-corrected chi connectivity index (χ0v) is 17.6. The number of benzene rings is 2. The van der Waals surface area contributed by atoms with Crippen molar-refractivity contribution < 1.29 is 22.7 Å². The number of unbranched alkanes of at least 4 members (excludes halogenated alkanes) is 1. The number of para-hydroxylation sites is 1. The van der Waals surface area contributed by atoms with Crippen LogP contribution >= 0.6 is 0 Å². The summed E-state index contributed by atoms with van der Waals surface area (Å²) >= 11 is 0. The first-order chi connectivity index (χ1) is 13.7. The van der Waals surface area contributed by atoms with Crippen LogP contribution in [0, 0.1) is 0 Å². The molecule has 2 aromatic rings. The molecule has 0 aliphatic heterocycles. The van der Waals surface area contributed by atoms with Gasteiger partial charge in [-0.25, -0.2) is 13.2 Å². The second kappa shape index (κ2) is 10.1. The van der Waals surface area contributed by atoms with Gasteiger partial charge in [0.15, 0.2) is 0 Å². The van der Waals surface area contributed by atoms with E-state index in [4.69, 9.17) is 4.74 Å². The number of rotatable bonds is 9. The number of hydrogen-bond donors (Lipinski definition) is 1. The second-order valence-corrected chi connectivity index (χ2v) is 8.49. The predicted molar refractivity (Wildman–Crippen MR) is 113 cm³/mol. The van der Waals surface area contributed by atoms with Gasteiger partial charge in [0.1, 0.15) is 6.04 Å². The molecule has 1 amide bonds. The molecule has 0 spiro atoms. The molecule has 7 nitrogen and oxygen atoms in total. The predicted octanol–water partition coefficient (Wildman–Crippen LogP) is 3.44. The van der Waals surface area contributed by atoms with Crippen LogP contribution in [0.3, 0.4) is 0 Å². The third-order valence-electron chi connectivity index (χ3n) is 4.22. The molecule has 1 N–H and O–H groups in total. The molecular formula is C21H26N2O5S. The Balaban J connectivity index is 2.09. The van der Waals surface area contributed by atoms with Gasteiger partial charge in [-0.3, -0.25) is 9.10 Å². The lowest BCUT2D eigenvalue weighted by molar-refractivity contribution is -0.116. The highest BCUT2D eigenvalue weighted by Gasteiger charge is 2.29. The maximum absolute atomic E-state index is 12.7. The van der Waals surface area contributed by atoms with Crippen LogP contribution < -0.4 is 9.62 Å². The minimum Gasteiger partial charge on any atom is -0.462 e. The number of nitrogens with one attached hydrogen (secondary N) is 1. The van der Waals surface area contributed by atoms with Crippen molar-refractivity contribution in [3.63, 3.8) is 0 Å². The van der Waals surface area contributed by atoms with Crippen LogP contribution in [-0.4, -0.2) is 39.2 Å². The molecule has 0 saturated carbocycles. The number of carbonyl (C=O) groups is 2. The third kappa shape index (κ3) is 6.32. The van der Waals surface area contributed by atoms with E-state index in [9.17, 15) is 18.0 Å². The van der Waals surface area contributed by atoms with Gasteiger partial charge in [-0.15, -0.1) is 0 Å². The van der Waals surface area contributed by atoms with E-state index in [1.54, 1.807) is 54.6 Å². The van der Waals surface area contributed by atoms with E-state index >= 15 is 0 Å². The van der Waals surface area contributed by atoms with Gasteiger partial charge in [-0.1, -0.05) is 31.5 Å². The molecule has 2 rings (SSSR count). The Labute approximate surface area is 171 Å². The Morgan fingerprint density at radius 1 is 1.07 bits per heavy atom. The summed E-state index contributed by atoms with van der Waals surface area (Å²) in [6.45, 7) is 3.89. The Morgan fingerprint density at radius 3 is 2.24 bits per heavy atom. The Hall–Kier alpha value is -2.87. The van der Waals surface area contributed by atoms with Crippen LogP contribution in [0.2, 0.25) is 0 Å². The molecule has 1 atom stereocenters. The number of carbonyl (C=O) groups excluding carboxylic acids is 2. The summed E-state index contributed by atoms with van der Waals surface area (Å²) in [4.78, 5) is 24.6. The maximum Gasteiger partial charge on any atom is 0.338 e. The van der Waals surface area contributed by atoms with E-state index in [0.717, 1.165) is 23.4 Å². The van der Waals surface area contributed by atoms with Crippen molar-refractivity contribution in [1.29, 1.82) is 0 Å². The Kier molecular flexibility index (Phi) is 7.78. The molecular weight excluding hydrogens is 392 g/mol. The van der Waals surface area contributed by atoms with E-state index in [2.05, 4.69) is 5.32 Å². The van der Waals surface area contributed by atoms with E-state index in [0.29, 0.717) is 23.5 Å². The van der Waals surface area contributed by atoms with Crippen molar-refractivity contribution in [2.24, 2.45) is 0 Å². The topological polar surface area (TPSA) is 92.8 Å². The first-order valence-electron chi connectivity index (χ1n) is 9.36. The number of ether oxygens (including phenoxy) is 1. The van der Waals surface area contributed by atoms with E-state index in [1.807, 2.05) is 6.92 Å². The minimum absolute atomic E-state index is 0.367. The summed E-state index contributed by atoms with van der Waals surface area (Å²) in [5.74, 6) is -0.908. The van der Waals surface area contributed by atoms with Crippen molar-refractivity contribution in [2.45, 2.75) is 32.7 Å². The average Bonchev–Trinajstić information content (AvgIpc) is 2.68. The van der Waals surface area contributed by atoms with E-state index in [1.165, 1.54) is 6.92 Å². The Bertz CT molecular complexity index is 927. The summed E-state index contributed by atoms with van der Waals surface area (Å²) in [5, 5.41) is 2.69. The van der Waals surface area contributed by atoms with Crippen LogP contribution in [0.4, 0.5) is 11.4 Å². The number of anilines is 2. The second-order valence-electron chi connectivity index (χ2n) is 6.63. The number of esters is 1. The van der Waals surface area contributed by atoms with Gasteiger partial charge in [-0.2, -0.15) is 0 Å². The molecule has 8 heteroatoms. The number of nitrogens with zero attached hydrogens (tertiary/aromatic N) is 1. The van der Waals surface area contributed by atoms with Gasteiger partial charge in [0.05, 0.1) is 24.1 Å². The zero-order valence-electron chi connectivity index (χ0n) is 16.8. The SMILES string of the molecule is CCCCOC(=O)c1ccc(NC(=O)[C@H](C)N(c2ccccc2)S(C)(=O)=O)cc1. The summed E-state index contributed by atoms with van der Waals surface area (Å²) in [5.41, 5.74) is 1.24. The van der Waals surface area contributed by atoms with Gasteiger partial charge < -0.3 is 10.1 Å². The van der Waals surface area contributed by atoms with Gasteiger partial charge in [-0.05, 0) is 49.7 Å². The minimum atomic E-state index is -3.67. The fourth-order valence-corrected chi connectivity index (χ4v) is 3.89. The van der Waals surface area contributed by atoms with Gasteiger partial charge in [0.25, 0.3) is 0 Å². The van der Waals surface area contributed by atoms with Gasteiger partial charge in [0, 0.05) is 5.69 Å². The van der Waals surface area contributed by atoms with Gasteiger partial charge >= 0.3 is 5.97 Å². The van der Waals surface area contributed by atoms with Crippen molar-refractivity contribution >= 4 is 33.3 Å². The van der Waals surface area contributed by atoms with Crippen LogP contribution in [0.25, 0.3) is 0 Å². The van der Waals surface area contributed by atoms with Gasteiger partial charge in [0.2, 0.25) is 15.9 Å². The highest BCUT2D eigenvalue weighted by molar-refractivity contribution is 7.92. The first-order valence-corrected chi connectivity index (χ1v) is 11.2. The monoisotopic (exact) mass is 418 g/mol. The normalized spacial score (nSPS) is 12.1. The standard InChI is InChI=1S/C21H26N2O5S/c1-4-5-15-28-21(25)17-11-13-18(14-12-17)22-20(24)16(2)23(29(3,26)27)19-9-7-6-8-10-19/h6-14,16H,4-5,15H2,1-3H3,(H,22,24)/t16-/m0/s1. The summed E-state index contributed by atoms with van der Waals surface area (Å²) < 4.78 is 30.7. The molecule has 0 radical (unpaired) electrons. The summed E-state index contributed by atoms with van der Waals surface area (Å²) in [7, 11) is -3.67.